The van der Waals surface area contributed by atoms with Crippen LogP contribution in [0.4, 0.5) is 0 Å². The Labute approximate surface area is 103 Å². The Hall–Kier alpha value is -0.800. The molecule has 16 heavy (non-hydrogen) atoms. The van der Waals surface area contributed by atoms with Crippen LogP contribution in [0.1, 0.15) is 30.6 Å². The fourth-order valence-corrected chi connectivity index (χ4v) is 3.12. The van der Waals surface area contributed by atoms with E-state index < -0.39 is 0 Å². The lowest BCUT2D eigenvalue weighted by Crippen LogP contribution is -2.22. The summed E-state index contributed by atoms with van der Waals surface area (Å²) in [5.41, 5.74) is 10.1. The Morgan fingerprint density at radius 3 is 3.06 bits per heavy atom. The Morgan fingerprint density at radius 2 is 2.25 bits per heavy atom. The molecule has 2 nitrogen and oxygen atoms in total. The maximum Gasteiger partial charge on any atom is 0.0460 e. The van der Waals surface area contributed by atoms with Crippen LogP contribution in [0.3, 0.4) is 0 Å². The lowest BCUT2D eigenvalue weighted by atomic mass is 9.85. The summed E-state index contributed by atoms with van der Waals surface area (Å²) in [5, 5.41) is 1.33. The number of benzene rings is 1. The Morgan fingerprint density at radius 1 is 1.44 bits per heavy atom. The number of nitrogens with two attached hydrogens (primary N) is 1. The average molecular weight is 279 g/mol. The summed E-state index contributed by atoms with van der Waals surface area (Å²) < 4.78 is 1.13. The van der Waals surface area contributed by atoms with E-state index in [0.717, 1.165) is 17.3 Å². The molecule has 1 heterocycles. The van der Waals surface area contributed by atoms with E-state index in [0.29, 0.717) is 5.92 Å². The summed E-state index contributed by atoms with van der Waals surface area (Å²) in [5.74, 6) is 0.681. The van der Waals surface area contributed by atoms with Gasteiger partial charge in [0.1, 0.15) is 0 Å². The Bertz CT molecular complexity index is 544. The molecule has 0 bridgehead atoms. The third kappa shape index (κ3) is 1.50. The molecule has 0 aliphatic heterocycles. The van der Waals surface area contributed by atoms with Crippen LogP contribution in [0.2, 0.25) is 0 Å². The van der Waals surface area contributed by atoms with Crippen molar-refractivity contribution in [3.8, 4) is 0 Å². The molecule has 1 aliphatic carbocycles. The van der Waals surface area contributed by atoms with Crippen molar-refractivity contribution in [1.29, 1.82) is 0 Å². The van der Waals surface area contributed by atoms with Crippen LogP contribution in [0.15, 0.2) is 22.7 Å². The second-order valence-corrected chi connectivity index (χ2v) is 5.77. The van der Waals surface area contributed by atoms with Crippen molar-refractivity contribution in [2.45, 2.75) is 25.8 Å². The highest BCUT2D eigenvalue weighted by molar-refractivity contribution is 9.10. The SMILES string of the molecule is CC1Cc2c([nH]c3ccc(Br)cc23)C(N)C1. The second-order valence-electron chi connectivity index (χ2n) is 4.86. The molecule has 1 aromatic carbocycles. The molecule has 0 spiro atoms. The molecule has 0 saturated heterocycles. The first-order valence-corrected chi connectivity index (χ1v) is 6.50. The third-order valence-corrected chi connectivity index (χ3v) is 3.97. The van der Waals surface area contributed by atoms with Gasteiger partial charge in [-0.15, -0.1) is 0 Å². The van der Waals surface area contributed by atoms with E-state index in [1.165, 1.54) is 22.2 Å². The van der Waals surface area contributed by atoms with E-state index in [1.54, 1.807) is 0 Å². The van der Waals surface area contributed by atoms with Crippen molar-refractivity contribution in [2.24, 2.45) is 11.7 Å². The number of halogens is 1. The number of aromatic nitrogens is 1. The number of aromatic amines is 1. The van der Waals surface area contributed by atoms with Crippen LogP contribution < -0.4 is 5.73 Å². The fourth-order valence-electron chi connectivity index (χ4n) is 2.76. The first-order valence-electron chi connectivity index (χ1n) is 5.70. The molecular formula is C13H15BrN2. The molecular weight excluding hydrogens is 264 g/mol. The molecule has 1 aliphatic rings. The van der Waals surface area contributed by atoms with Gasteiger partial charge in [-0.1, -0.05) is 22.9 Å². The average Bonchev–Trinajstić information content (AvgIpc) is 2.57. The van der Waals surface area contributed by atoms with Crippen LogP contribution >= 0.6 is 15.9 Å². The molecule has 3 heteroatoms. The predicted octanol–water partition coefficient (Wildman–Crippen LogP) is 3.51. The van der Waals surface area contributed by atoms with Gasteiger partial charge < -0.3 is 10.7 Å². The molecule has 2 unspecified atom stereocenters. The minimum atomic E-state index is 0.171. The van der Waals surface area contributed by atoms with Gasteiger partial charge in [0.25, 0.3) is 0 Å². The first-order chi connectivity index (χ1) is 7.65. The van der Waals surface area contributed by atoms with Crippen LogP contribution in [0.5, 0.6) is 0 Å². The van der Waals surface area contributed by atoms with Crippen LogP contribution in [0, 0.1) is 5.92 Å². The molecule has 0 saturated carbocycles. The Balaban J connectivity index is 2.27. The smallest absolute Gasteiger partial charge is 0.0460 e. The van der Waals surface area contributed by atoms with Crippen molar-refractivity contribution in [1.82, 2.24) is 4.98 Å². The standard InChI is InChI=1S/C13H15BrN2/c1-7-4-10-9-6-8(14)2-3-12(9)16-13(10)11(15)5-7/h2-3,6-7,11,16H,4-5,15H2,1H3. The van der Waals surface area contributed by atoms with E-state index in [-0.39, 0.29) is 6.04 Å². The van der Waals surface area contributed by atoms with E-state index >= 15 is 0 Å². The number of rotatable bonds is 0. The zero-order chi connectivity index (χ0) is 11.3. The lowest BCUT2D eigenvalue weighted by molar-refractivity contribution is 0.436. The maximum atomic E-state index is 6.20. The quantitative estimate of drug-likeness (QED) is 0.761. The van der Waals surface area contributed by atoms with Crippen molar-refractivity contribution in [3.63, 3.8) is 0 Å². The second kappa shape index (κ2) is 3.60. The van der Waals surface area contributed by atoms with Gasteiger partial charge in [0.15, 0.2) is 0 Å². The van der Waals surface area contributed by atoms with Crippen LogP contribution in [-0.4, -0.2) is 4.98 Å². The predicted molar refractivity (Wildman–Crippen MR) is 70.4 cm³/mol. The molecule has 3 rings (SSSR count). The van der Waals surface area contributed by atoms with Gasteiger partial charge in [0, 0.05) is 27.1 Å². The van der Waals surface area contributed by atoms with Crippen molar-refractivity contribution >= 4 is 26.8 Å². The highest BCUT2D eigenvalue weighted by Crippen LogP contribution is 2.36. The molecule has 84 valence electrons. The highest BCUT2D eigenvalue weighted by atomic mass is 79.9. The fraction of sp³-hybridized carbons (Fsp3) is 0.385. The number of fused-ring (bicyclic) bond motifs is 3. The zero-order valence-corrected chi connectivity index (χ0v) is 10.8. The molecule has 0 amide bonds. The summed E-state index contributed by atoms with van der Waals surface area (Å²) >= 11 is 3.53. The van der Waals surface area contributed by atoms with Gasteiger partial charge in [0.05, 0.1) is 0 Å². The van der Waals surface area contributed by atoms with Gasteiger partial charge in [-0.2, -0.15) is 0 Å². The van der Waals surface area contributed by atoms with Crippen molar-refractivity contribution in [2.75, 3.05) is 0 Å². The number of hydrogen-bond acceptors (Lipinski definition) is 1. The monoisotopic (exact) mass is 278 g/mol. The van der Waals surface area contributed by atoms with E-state index in [2.05, 4.69) is 46.0 Å². The minimum absolute atomic E-state index is 0.171. The lowest BCUT2D eigenvalue weighted by Gasteiger charge is -2.24. The van der Waals surface area contributed by atoms with Gasteiger partial charge in [-0.25, -0.2) is 0 Å². The van der Waals surface area contributed by atoms with Gasteiger partial charge in [-0.3, -0.25) is 0 Å². The summed E-state index contributed by atoms with van der Waals surface area (Å²) in [6, 6.07) is 6.55. The van der Waals surface area contributed by atoms with Crippen LogP contribution in [-0.2, 0) is 6.42 Å². The molecule has 2 aromatic rings. The summed E-state index contributed by atoms with van der Waals surface area (Å²) in [4.78, 5) is 3.47. The minimum Gasteiger partial charge on any atom is -0.357 e. The molecule has 2 atom stereocenters. The first kappa shape index (κ1) is 10.4. The largest absolute Gasteiger partial charge is 0.357 e. The Kier molecular flexibility index (Phi) is 2.33. The summed E-state index contributed by atoms with van der Waals surface area (Å²) in [6.07, 6.45) is 2.22. The summed E-state index contributed by atoms with van der Waals surface area (Å²) in [7, 11) is 0. The highest BCUT2D eigenvalue weighted by Gasteiger charge is 2.25. The van der Waals surface area contributed by atoms with Gasteiger partial charge in [-0.05, 0) is 42.5 Å². The van der Waals surface area contributed by atoms with E-state index in [1.807, 2.05) is 0 Å². The van der Waals surface area contributed by atoms with Gasteiger partial charge >= 0.3 is 0 Å². The number of nitrogens with one attached hydrogen (secondary N) is 1. The zero-order valence-electron chi connectivity index (χ0n) is 9.26. The third-order valence-electron chi connectivity index (χ3n) is 3.48. The van der Waals surface area contributed by atoms with E-state index in [9.17, 15) is 0 Å². The molecule has 0 radical (unpaired) electrons. The van der Waals surface area contributed by atoms with Crippen molar-refractivity contribution < 1.29 is 0 Å². The summed E-state index contributed by atoms with van der Waals surface area (Å²) in [6.45, 7) is 2.28. The van der Waals surface area contributed by atoms with Crippen molar-refractivity contribution in [3.05, 3.63) is 33.9 Å². The molecule has 0 fully saturated rings. The molecule has 3 N–H and O–H groups in total. The topological polar surface area (TPSA) is 41.8 Å². The number of hydrogen-bond donors (Lipinski definition) is 2. The maximum absolute atomic E-state index is 6.20. The van der Waals surface area contributed by atoms with Gasteiger partial charge in [0.2, 0.25) is 0 Å². The van der Waals surface area contributed by atoms with E-state index in [4.69, 9.17) is 5.73 Å². The number of H-pyrrole nitrogens is 1. The normalized spacial score (nSPS) is 24.7. The van der Waals surface area contributed by atoms with Crippen LogP contribution in [0.25, 0.3) is 10.9 Å². The molecule has 1 aromatic heterocycles.